The van der Waals surface area contributed by atoms with E-state index in [0.29, 0.717) is 34.0 Å². The second kappa shape index (κ2) is 12.1. The number of amides is 1. The van der Waals surface area contributed by atoms with Crippen LogP contribution in [0.2, 0.25) is 0 Å². The summed E-state index contributed by atoms with van der Waals surface area (Å²) in [5.41, 5.74) is 1.51. The second-order valence-electron chi connectivity index (χ2n) is 7.26. The molecule has 0 aromatic heterocycles. The van der Waals surface area contributed by atoms with Crippen LogP contribution in [-0.2, 0) is 4.79 Å². The fourth-order valence-electron chi connectivity index (χ4n) is 3.31. The van der Waals surface area contributed by atoms with Crippen molar-refractivity contribution in [3.63, 3.8) is 0 Å². The normalized spacial score (nSPS) is 11.0. The summed E-state index contributed by atoms with van der Waals surface area (Å²) < 4.78 is 20.8. The van der Waals surface area contributed by atoms with Crippen LogP contribution in [0.3, 0.4) is 0 Å². The third-order valence-electron chi connectivity index (χ3n) is 5.13. The van der Waals surface area contributed by atoms with E-state index in [4.69, 9.17) is 18.9 Å². The third kappa shape index (κ3) is 5.84. The van der Waals surface area contributed by atoms with Crippen molar-refractivity contribution in [2.24, 2.45) is 9.98 Å². The number of hydrogen-bond donors (Lipinski definition) is 3. The molecule has 0 atom stereocenters. The van der Waals surface area contributed by atoms with Gasteiger partial charge in [0.25, 0.3) is 0 Å². The summed E-state index contributed by atoms with van der Waals surface area (Å²) in [6.07, 6.45) is 2.77. The molecule has 0 aliphatic rings. The molecule has 0 heterocycles. The molecule has 0 saturated heterocycles. The highest BCUT2D eigenvalue weighted by atomic mass is 16.5. The fraction of sp³-hybridized carbons (Fsp3) is 0.192. The van der Waals surface area contributed by atoms with Crippen molar-refractivity contribution in [2.45, 2.75) is 0 Å². The third-order valence-corrected chi connectivity index (χ3v) is 5.13. The van der Waals surface area contributed by atoms with Gasteiger partial charge in [0.2, 0.25) is 5.91 Å². The number of nitrogens with one attached hydrogen (secondary N) is 1. The number of benzene rings is 3. The summed E-state index contributed by atoms with van der Waals surface area (Å²) in [5, 5.41) is 23.6. The largest absolute Gasteiger partial charge is 0.504 e. The molecule has 3 aromatic rings. The van der Waals surface area contributed by atoms with Crippen LogP contribution in [0.25, 0.3) is 0 Å². The first-order valence-corrected chi connectivity index (χ1v) is 10.7. The predicted octanol–water partition coefficient (Wildman–Crippen LogP) is 3.94. The molecule has 0 unspecified atom stereocenters. The van der Waals surface area contributed by atoms with Gasteiger partial charge in [-0.3, -0.25) is 14.8 Å². The minimum Gasteiger partial charge on any atom is -0.504 e. The molecule has 0 aliphatic heterocycles. The lowest BCUT2D eigenvalue weighted by Gasteiger charge is -2.11. The second-order valence-corrected chi connectivity index (χ2v) is 7.26. The van der Waals surface area contributed by atoms with Gasteiger partial charge >= 0.3 is 0 Å². The Morgan fingerprint density at radius 1 is 0.778 bits per heavy atom. The average molecular weight is 494 g/mol. The summed E-state index contributed by atoms with van der Waals surface area (Å²) in [4.78, 5) is 21.1. The zero-order valence-electron chi connectivity index (χ0n) is 20.3. The molecule has 10 nitrogen and oxygen atoms in total. The van der Waals surface area contributed by atoms with Crippen LogP contribution in [0.15, 0.2) is 58.5 Å². The van der Waals surface area contributed by atoms with Crippen molar-refractivity contribution in [1.82, 2.24) is 0 Å². The van der Waals surface area contributed by atoms with E-state index in [9.17, 15) is 15.0 Å². The molecule has 0 spiro atoms. The molecule has 10 heteroatoms. The van der Waals surface area contributed by atoms with Gasteiger partial charge in [-0.25, -0.2) is 0 Å². The molecule has 3 aromatic carbocycles. The van der Waals surface area contributed by atoms with Gasteiger partial charge in [0.1, 0.15) is 18.0 Å². The van der Waals surface area contributed by atoms with E-state index in [1.54, 1.807) is 48.5 Å². The molecule has 0 aliphatic carbocycles. The number of aromatic hydroxyl groups is 2. The molecule has 3 rings (SSSR count). The first-order chi connectivity index (χ1) is 17.4. The molecule has 1 amide bonds. The summed E-state index contributed by atoms with van der Waals surface area (Å²) >= 11 is 0. The maximum Gasteiger partial charge on any atom is 0.246 e. The molecular weight excluding hydrogens is 466 g/mol. The highest BCUT2D eigenvalue weighted by Gasteiger charge is 2.14. The van der Waals surface area contributed by atoms with Gasteiger partial charge in [-0.2, -0.15) is 0 Å². The first kappa shape index (κ1) is 25.9. The van der Waals surface area contributed by atoms with Crippen molar-refractivity contribution in [2.75, 3.05) is 40.3 Å². The number of ether oxygens (including phenoxy) is 4. The maximum atomic E-state index is 12.6. The van der Waals surface area contributed by atoms with Crippen molar-refractivity contribution in [3.05, 3.63) is 59.7 Å². The number of carbonyl (C=O) groups excluding carboxylic acids is 1. The number of phenolic OH excluding ortho intramolecular Hbond substituents is 2. The average Bonchev–Trinajstić information content (AvgIpc) is 2.89. The number of anilines is 1. The minimum atomic E-state index is -0.405. The monoisotopic (exact) mass is 493 g/mol. The lowest BCUT2D eigenvalue weighted by atomic mass is 10.1. The van der Waals surface area contributed by atoms with Gasteiger partial charge in [0, 0.05) is 12.4 Å². The SMILES string of the molecule is COc1ccc(OC)c(C=NCC(=O)Nc2ccccc2N=Cc2c(OC)ccc(OC)c2O)c1O. The minimum absolute atomic E-state index is 0.118. The van der Waals surface area contributed by atoms with Crippen LogP contribution < -0.4 is 24.3 Å². The first-order valence-electron chi connectivity index (χ1n) is 10.7. The molecule has 0 bridgehead atoms. The van der Waals surface area contributed by atoms with Gasteiger partial charge in [0.15, 0.2) is 23.0 Å². The van der Waals surface area contributed by atoms with Crippen LogP contribution in [-0.4, -0.2) is 63.5 Å². The van der Waals surface area contributed by atoms with E-state index < -0.39 is 5.91 Å². The number of nitrogens with zero attached hydrogens (tertiary/aromatic N) is 2. The number of hydrogen-bond acceptors (Lipinski definition) is 9. The van der Waals surface area contributed by atoms with E-state index in [2.05, 4.69) is 15.3 Å². The molecular formula is C26H27N3O7. The smallest absolute Gasteiger partial charge is 0.246 e. The maximum absolute atomic E-state index is 12.6. The van der Waals surface area contributed by atoms with Gasteiger partial charge in [-0.15, -0.1) is 0 Å². The molecule has 0 saturated carbocycles. The van der Waals surface area contributed by atoms with Gasteiger partial charge in [0.05, 0.1) is 50.9 Å². The van der Waals surface area contributed by atoms with E-state index in [1.165, 1.54) is 40.9 Å². The van der Waals surface area contributed by atoms with Crippen LogP contribution in [0.1, 0.15) is 11.1 Å². The summed E-state index contributed by atoms with van der Waals surface area (Å²) in [7, 11) is 5.82. The highest BCUT2D eigenvalue weighted by molar-refractivity contribution is 5.98. The number of methoxy groups -OCH3 is 4. The zero-order valence-corrected chi connectivity index (χ0v) is 20.3. The van der Waals surface area contributed by atoms with Gasteiger partial charge in [-0.1, -0.05) is 12.1 Å². The highest BCUT2D eigenvalue weighted by Crippen LogP contribution is 2.36. The topological polar surface area (TPSA) is 131 Å². The van der Waals surface area contributed by atoms with Crippen LogP contribution in [0.5, 0.6) is 34.5 Å². The lowest BCUT2D eigenvalue weighted by Crippen LogP contribution is -2.15. The summed E-state index contributed by atoms with van der Waals surface area (Å²) in [6.45, 7) is -0.220. The van der Waals surface area contributed by atoms with E-state index in [0.717, 1.165) is 0 Å². The Kier molecular flexibility index (Phi) is 8.71. The summed E-state index contributed by atoms with van der Waals surface area (Å²) in [6, 6.07) is 13.3. The lowest BCUT2D eigenvalue weighted by molar-refractivity contribution is -0.114. The Morgan fingerprint density at radius 2 is 1.28 bits per heavy atom. The fourth-order valence-corrected chi connectivity index (χ4v) is 3.31. The van der Waals surface area contributed by atoms with Gasteiger partial charge < -0.3 is 34.5 Å². The Hall–Kier alpha value is -4.73. The Labute approximate surface area is 208 Å². The van der Waals surface area contributed by atoms with Crippen LogP contribution in [0, 0.1) is 0 Å². The Bertz CT molecular complexity index is 1290. The van der Waals surface area contributed by atoms with E-state index >= 15 is 0 Å². The number of para-hydroxylation sites is 2. The van der Waals surface area contributed by atoms with E-state index in [1.807, 2.05) is 0 Å². The standard InChI is InChI=1S/C26H27N3O7/c1-33-20-9-11-22(35-3)25(31)16(20)13-27-15-24(30)29-19-8-6-5-7-18(19)28-14-17-21(34-2)10-12-23(36-4)26(17)32/h5-14,31-32H,15H2,1-4H3,(H,29,30). The quantitative estimate of drug-likeness (QED) is 0.365. The molecule has 188 valence electrons. The Balaban J connectivity index is 1.77. The number of aliphatic imine (C=N–C) groups is 2. The van der Waals surface area contributed by atoms with Gasteiger partial charge in [-0.05, 0) is 36.4 Å². The van der Waals surface area contributed by atoms with Crippen molar-refractivity contribution < 1.29 is 34.0 Å². The molecule has 0 fully saturated rings. The van der Waals surface area contributed by atoms with E-state index in [-0.39, 0.29) is 29.5 Å². The molecule has 36 heavy (non-hydrogen) atoms. The number of rotatable bonds is 10. The van der Waals surface area contributed by atoms with Crippen LogP contribution >= 0.6 is 0 Å². The predicted molar refractivity (Wildman–Crippen MR) is 137 cm³/mol. The van der Waals surface area contributed by atoms with Crippen molar-refractivity contribution in [3.8, 4) is 34.5 Å². The number of phenols is 2. The Morgan fingerprint density at radius 3 is 1.83 bits per heavy atom. The molecule has 0 radical (unpaired) electrons. The van der Waals surface area contributed by atoms with Crippen molar-refractivity contribution in [1.29, 1.82) is 0 Å². The van der Waals surface area contributed by atoms with Crippen LogP contribution in [0.4, 0.5) is 11.4 Å². The zero-order chi connectivity index (χ0) is 26.1. The molecule has 3 N–H and O–H groups in total. The number of carbonyl (C=O) groups is 1. The summed E-state index contributed by atoms with van der Waals surface area (Å²) in [5.74, 6) is 0.654. The van der Waals surface area contributed by atoms with Crippen molar-refractivity contribution >= 4 is 29.7 Å².